The van der Waals surface area contributed by atoms with Crippen LogP contribution < -0.4 is 0 Å². The molecule has 3 saturated carbocycles. The van der Waals surface area contributed by atoms with Crippen molar-refractivity contribution < 1.29 is 19.4 Å². The molecule has 0 aliphatic heterocycles. The van der Waals surface area contributed by atoms with E-state index in [0.717, 1.165) is 24.8 Å². The first-order valence-electron chi connectivity index (χ1n) is 9.45. The second-order valence-electron chi connectivity index (χ2n) is 9.04. The molecule has 4 heteroatoms. The number of ketones is 2. The highest BCUT2D eigenvalue weighted by Crippen LogP contribution is 2.65. The van der Waals surface area contributed by atoms with Gasteiger partial charge >= 0.3 is 0 Å². The van der Waals surface area contributed by atoms with E-state index in [-0.39, 0.29) is 29.1 Å². The Balaban J connectivity index is 1.81. The maximum absolute atomic E-state index is 12.5. The number of allylic oxidation sites excluding steroid dienone is 3. The number of methoxy groups -OCH3 is 1. The standard InChI is InChI=1S/C21H28O4/c1-19-8-6-13(22)10-17(19)21(24,12-25-3)11-14-15-4-5-18(23)20(15,2)9-7-16(14)19/h6,8,10,14-16,24H,4-5,7,9,11-12H2,1-3H3/t14-,15-,16-,19+,20-,21+/m0/s1. The Morgan fingerprint density at radius 2 is 2.00 bits per heavy atom. The SMILES string of the molecule is COC[C@]1(O)C[C@@H]2[C@H](CC[C@]3(C)C(=O)CC[C@@H]23)[C@@]2(C)C=CC(=O)C=C12. The third-order valence-electron chi connectivity index (χ3n) is 7.83. The minimum atomic E-state index is -1.13. The van der Waals surface area contributed by atoms with E-state index in [1.807, 2.05) is 6.08 Å². The van der Waals surface area contributed by atoms with Crippen molar-refractivity contribution in [3.63, 3.8) is 0 Å². The summed E-state index contributed by atoms with van der Waals surface area (Å²) in [7, 11) is 1.59. The summed E-state index contributed by atoms with van der Waals surface area (Å²) < 4.78 is 5.36. The maximum Gasteiger partial charge on any atom is 0.178 e. The zero-order valence-corrected chi connectivity index (χ0v) is 15.4. The lowest BCUT2D eigenvalue weighted by Gasteiger charge is -2.59. The van der Waals surface area contributed by atoms with Crippen LogP contribution in [0.25, 0.3) is 0 Å². The lowest BCUT2D eigenvalue weighted by molar-refractivity contribution is -0.139. The van der Waals surface area contributed by atoms with Crippen LogP contribution in [0.1, 0.15) is 46.0 Å². The van der Waals surface area contributed by atoms with E-state index in [9.17, 15) is 14.7 Å². The van der Waals surface area contributed by atoms with Gasteiger partial charge in [0.15, 0.2) is 5.78 Å². The molecule has 1 N–H and O–H groups in total. The second kappa shape index (κ2) is 5.37. The van der Waals surface area contributed by atoms with Gasteiger partial charge in [-0.25, -0.2) is 0 Å². The van der Waals surface area contributed by atoms with Gasteiger partial charge in [0, 0.05) is 24.4 Å². The number of Topliss-reactive ketones (excluding diaryl/α,β-unsaturated/α-hetero) is 1. The van der Waals surface area contributed by atoms with E-state index in [4.69, 9.17) is 4.74 Å². The summed E-state index contributed by atoms with van der Waals surface area (Å²) in [5.41, 5.74) is -0.893. The third-order valence-corrected chi connectivity index (χ3v) is 7.83. The topological polar surface area (TPSA) is 63.6 Å². The molecular formula is C21H28O4. The molecule has 4 rings (SSSR count). The number of hydrogen-bond donors (Lipinski definition) is 1. The molecule has 3 fully saturated rings. The molecule has 0 heterocycles. The molecule has 0 saturated heterocycles. The molecule has 0 amide bonds. The number of fused-ring (bicyclic) bond motifs is 5. The molecule has 136 valence electrons. The van der Waals surface area contributed by atoms with Crippen LogP contribution in [0.5, 0.6) is 0 Å². The Kier molecular flexibility index (Phi) is 3.69. The summed E-state index contributed by atoms with van der Waals surface area (Å²) in [6, 6.07) is 0. The Hall–Kier alpha value is -1.26. The van der Waals surface area contributed by atoms with Crippen LogP contribution >= 0.6 is 0 Å². The summed E-state index contributed by atoms with van der Waals surface area (Å²) in [5.74, 6) is 1.31. The number of aliphatic hydroxyl groups is 1. The molecule has 0 aromatic carbocycles. The number of rotatable bonds is 2. The van der Waals surface area contributed by atoms with Gasteiger partial charge in [-0.1, -0.05) is 19.9 Å². The van der Waals surface area contributed by atoms with Crippen LogP contribution in [0.2, 0.25) is 0 Å². The largest absolute Gasteiger partial charge is 0.383 e. The van der Waals surface area contributed by atoms with Gasteiger partial charge < -0.3 is 9.84 Å². The highest BCUT2D eigenvalue weighted by molar-refractivity contribution is 6.01. The average Bonchev–Trinajstić information content (AvgIpc) is 2.85. The van der Waals surface area contributed by atoms with Crippen LogP contribution in [-0.2, 0) is 14.3 Å². The maximum atomic E-state index is 12.5. The Morgan fingerprint density at radius 1 is 1.24 bits per heavy atom. The highest BCUT2D eigenvalue weighted by atomic mass is 16.5. The van der Waals surface area contributed by atoms with Gasteiger partial charge in [-0.3, -0.25) is 9.59 Å². The van der Waals surface area contributed by atoms with E-state index < -0.39 is 5.60 Å². The van der Waals surface area contributed by atoms with Crippen LogP contribution in [0.15, 0.2) is 23.8 Å². The first-order valence-corrected chi connectivity index (χ1v) is 9.45. The van der Waals surface area contributed by atoms with E-state index in [2.05, 4.69) is 13.8 Å². The molecule has 4 nitrogen and oxygen atoms in total. The van der Waals surface area contributed by atoms with Crippen LogP contribution in [0.4, 0.5) is 0 Å². The molecule has 0 aromatic rings. The predicted octanol–water partition coefficient (Wildman–Crippen LogP) is 2.85. The van der Waals surface area contributed by atoms with E-state index in [0.29, 0.717) is 30.5 Å². The molecule has 0 bridgehead atoms. The van der Waals surface area contributed by atoms with Crippen molar-refractivity contribution in [1.29, 1.82) is 0 Å². The van der Waals surface area contributed by atoms with Gasteiger partial charge in [0.1, 0.15) is 11.4 Å². The number of ether oxygens (including phenoxy) is 1. The van der Waals surface area contributed by atoms with Gasteiger partial charge in [0.2, 0.25) is 0 Å². The van der Waals surface area contributed by atoms with Gasteiger partial charge in [0.25, 0.3) is 0 Å². The molecule has 4 aliphatic rings. The molecule has 4 aliphatic carbocycles. The summed E-state index contributed by atoms with van der Waals surface area (Å²) in [6.45, 7) is 4.47. The monoisotopic (exact) mass is 344 g/mol. The van der Waals surface area contributed by atoms with Gasteiger partial charge in [-0.2, -0.15) is 0 Å². The zero-order chi connectivity index (χ0) is 18.0. The van der Waals surface area contributed by atoms with Gasteiger partial charge in [-0.05, 0) is 61.2 Å². The molecule has 0 aromatic heterocycles. The van der Waals surface area contributed by atoms with Crippen molar-refractivity contribution in [3.05, 3.63) is 23.8 Å². The van der Waals surface area contributed by atoms with Gasteiger partial charge in [-0.15, -0.1) is 0 Å². The second-order valence-corrected chi connectivity index (χ2v) is 9.04. The van der Waals surface area contributed by atoms with E-state index in [1.165, 1.54) is 0 Å². The Morgan fingerprint density at radius 3 is 2.72 bits per heavy atom. The first-order chi connectivity index (χ1) is 11.7. The zero-order valence-electron chi connectivity index (χ0n) is 15.4. The van der Waals surface area contributed by atoms with Crippen molar-refractivity contribution in [2.75, 3.05) is 13.7 Å². The van der Waals surface area contributed by atoms with E-state index in [1.54, 1.807) is 19.3 Å². The molecular weight excluding hydrogens is 316 g/mol. The van der Waals surface area contributed by atoms with Crippen molar-refractivity contribution in [3.8, 4) is 0 Å². The first kappa shape index (κ1) is 17.2. The molecule has 0 radical (unpaired) electrons. The number of carbonyl (C=O) groups excluding carboxylic acids is 2. The smallest absolute Gasteiger partial charge is 0.178 e. The minimum Gasteiger partial charge on any atom is -0.383 e. The normalized spacial score (nSPS) is 48.6. The summed E-state index contributed by atoms with van der Waals surface area (Å²) in [5, 5.41) is 11.5. The summed E-state index contributed by atoms with van der Waals surface area (Å²) in [6.07, 6.45) is 9.35. The van der Waals surface area contributed by atoms with Crippen LogP contribution in [0, 0.1) is 28.6 Å². The van der Waals surface area contributed by atoms with Crippen molar-refractivity contribution in [2.24, 2.45) is 28.6 Å². The molecule has 6 atom stereocenters. The Bertz CT molecular complexity index is 692. The predicted molar refractivity (Wildman–Crippen MR) is 93.8 cm³/mol. The molecule has 0 spiro atoms. The highest BCUT2D eigenvalue weighted by Gasteiger charge is 2.63. The minimum absolute atomic E-state index is 0.0582. The molecule has 0 unspecified atom stereocenters. The van der Waals surface area contributed by atoms with Crippen molar-refractivity contribution in [2.45, 2.75) is 51.6 Å². The lowest BCUT2D eigenvalue weighted by atomic mass is 9.46. The lowest BCUT2D eigenvalue weighted by Crippen LogP contribution is -2.58. The summed E-state index contributed by atoms with van der Waals surface area (Å²) >= 11 is 0. The Labute approximate surface area is 149 Å². The fourth-order valence-corrected chi connectivity index (χ4v) is 6.61. The van der Waals surface area contributed by atoms with Crippen LogP contribution in [-0.4, -0.2) is 36.0 Å². The van der Waals surface area contributed by atoms with E-state index >= 15 is 0 Å². The quantitative estimate of drug-likeness (QED) is 0.837. The fraction of sp³-hybridized carbons (Fsp3) is 0.714. The third kappa shape index (κ3) is 2.20. The average molecular weight is 344 g/mol. The summed E-state index contributed by atoms with van der Waals surface area (Å²) in [4.78, 5) is 24.6. The fourth-order valence-electron chi connectivity index (χ4n) is 6.61. The molecule has 25 heavy (non-hydrogen) atoms. The number of hydrogen-bond acceptors (Lipinski definition) is 4. The van der Waals surface area contributed by atoms with Crippen molar-refractivity contribution in [1.82, 2.24) is 0 Å². The number of carbonyl (C=O) groups is 2. The van der Waals surface area contributed by atoms with Crippen LogP contribution in [0.3, 0.4) is 0 Å². The van der Waals surface area contributed by atoms with Gasteiger partial charge in [0.05, 0.1) is 6.61 Å². The van der Waals surface area contributed by atoms with Crippen molar-refractivity contribution >= 4 is 11.6 Å².